The quantitative estimate of drug-likeness (QED) is 0.783. The van der Waals surface area contributed by atoms with E-state index in [4.69, 9.17) is 0 Å². The molecule has 2 atom stereocenters. The molecule has 0 saturated carbocycles. The lowest BCUT2D eigenvalue weighted by molar-refractivity contribution is -0.142. The maximum absolute atomic E-state index is 12.6. The molecule has 0 unspecified atom stereocenters. The number of hydrogen-bond acceptors (Lipinski definition) is 4. The lowest BCUT2D eigenvalue weighted by Crippen LogP contribution is -2.34. The average Bonchev–Trinajstić information content (AvgIpc) is 3.01. The van der Waals surface area contributed by atoms with E-state index in [-0.39, 0.29) is 5.91 Å². The van der Waals surface area contributed by atoms with Crippen LogP contribution in [0.1, 0.15) is 27.5 Å². The fourth-order valence-electron chi connectivity index (χ4n) is 3.10. The third-order valence-corrected chi connectivity index (χ3v) is 4.42. The van der Waals surface area contributed by atoms with Crippen molar-refractivity contribution in [3.8, 4) is 0 Å². The summed E-state index contributed by atoms with van der Waals surface area (Å²) in [5.41, 5.74) is 2.62. The number of carbonyl (C=O) groups is 3. The standard InChI is InChI=1S/C19H18N2O5/c1-26-19(25)20-13-8-6-11(7-9-13)17(22)21-16-14-5-3-2-4-12(14)10-15(16)18(23)24/h2-9,15-16H,10H2,1H3,(H,20,25)(H,21,22)(H,23,24)/t15-,16+/m0/s1. The fourth-order valence-corrected chi connectivity index (χ4v) is 3.10. The van der Waals surface area contributed by atoms with Crippen molar-refractivity contribution in [2.75, 3.05) is 12.4 Å². The molecular formula is C19H18N2O5. The van der Waals surface area contributed by atoms with E-state index in [1.165, 1.54) is 7.11 Å². The number of carbonyl (C=O) groups excluding carboxylic acids is 2. The number of fused-ring (bicyclic) bond motifs is 1. The summed E-state index contributed by atoms with van der Waals surface area (Å²) >= 11 is 0. The monoisotopic (exact) mass is 354 g/mol. The Hall–Kier alpha value is -3.35. The van der Waals surface area contributed by atoms with Gasteiger partial charge in [0.05, 0.1) is 19.1 Å². The van der Waals surface area contributed by atoms with Crippen LogP contribution in [0.5, 0.6) is 0 Å². The lowest BCUT2D eigenvalue weighted by atomic mass is 10.0. The smallest absolute Gasteiger partial charge is 0.411 e. The Kier molecular flexibility index (Phi) is 4.88. The first-order valence-electron chi connectivity index (χ1n) is 8.06. The maximum Gasteiger partial charge on any atom is 0.411 e. The SMILES string of the molecule is COC(=O)Nc1ccc(C(=O)N[C@@H]2c3ccccc3C[C@@H]2C(=O)O)cc1. The maximum atomic E-state index is 12.6. The molecular weight excluding hydrogens is 336 g/mol. The van der Waals surface area contributed by atoms with E-state index in [9.17, 15) is 19.5 Å². The van der Waals surface area contributed by atoms with Crippen LogP contribution in [0.3, 0.4) is 0 Å². The van der Waals surface area contributed by atoms with Crippen LogP contribution in [0.2, 0.25) is 0 Å². The van der Waals surface area contributed by atoms with Crippen LogP contribution < -0.4 is 10.6 Å². The van der Waals surface area contributed by atoms with Gasteiger partial charge in [0.1, 0.15) is 0 Å². The van der Waals surface area contributed by atoms with Crippen molar-refractivity contribution in [2.24, 2.45) is 5.92 Å². The molecule has 26 heavy (non-hydrogen) atoms. The number of anilines is 1. The van der Waals surface area contributed by atoms with E-state index >= 15 is 0 Å². The summed E-state index contributed by atoms with van der Waals surface area (Å²) < 4.78 is 4.50. The summed E-state index contributed by atoms with van der Waals surface area (Å²) in [6.07, 6.45) is -0.215. The van der Waals surface area contributed by atoms with E-state index in [1.807, 2.05) is 24.3 Å². The molecule has 0 bridgehead atoms. The topological polar surface area (TPSA) is 105 Å². The first kappa shape index (κ1) is 17.5. The van der Waals surface area contributed by atoms with E-state index < -0.39 is 24.0 Å². The largest absolute Gasteiger partial charge is 0.481 e. The van der Waals surface area contributed by atoms with Gasteiger partial charge in [-0.15, -0.1) is 0 Å². The van der Waals surface area contributed by atoms with Crippen LogP contribution in [0.25, 0.3) is 0 Å². The van der Waals surface area contributed by atoms with Gasteiger partial charge in [0.15, 0.2) is 0 Å². The van der Waals surface area contributed by atoms with Crippen molar-refractivity contribution in [3.05, 3.63) is 65.2 Å². The number of carboxylic acid groups (broad SMARTS) is 1. The molecule has 0 aromatic heterocycles. The molecule has 134 valence electrons. The normalized spacial score (nSPS) is 17.9. The number of methoxy groups -OCH3 is 1. The number of amides is 2. The highest BCUT2D eigenvalue weighted by Crippen LogP contribution is 2.36. The van der Waals surface area contributed by atoms with Gasteiger partial charge in [-0.3, -0.25) is 14.9 Å². The highest BCUT2D eigenvalue weighted by atomic mass is 16.5. The number of benzene rings is 2. The Balaban J connectivity index is 1.76. The molecule has 0 saturated heterocycles. The zero-order valence-electron chi connectivity index (χ0n) is 14.1. The Morgan fingerprint density at radius 1 is 1.08 bits per heavy atom. The van der Waals surface area contributed by atoms with Gasteiger partial charge >= 0.3 is 12.1 Å². The number of aliphatic carboxylic acids is 1. The highest BCUT2D eigenvalue weighted by molar-refractivity contribution is 5.95. The van der Waals surface area contributed by atoms with Crippen LogP contribution in [0.15, 0.2) is 48.5 Å². The van der Waals surface area contributed by atoms with Crippen molar-refractivity contribution in [1.82, 2.24) is 5.32 Å². The van der Waals surface area contributed by atoms with Crippen molar-refractivity contribution in [2.45, 2.75) is 12.5 Å². The summed E-state index contributed by atoms with van der Waals surface area (Å²) in [6, 6.07) is 13.1. The molecule has 7 nitrogen and oxygen atoms in total. The zero-order valence-corrected chi connectivity index (χ0v) is 14.1. The number of nitrogens with one attached hydrogen (secondary N) is 2. The van der Waals surface area contributed by atoms with E-state index in [0.717, 1.165) is 11.1 Å². The number of rotatable bonds is 4. The van der Waals surface area contributed by atoms with Crippen molar-refractivity contribution in [3.63, 3.8) is 0 Å². The predicted molar refractivity (Wildman–Crippen MR) is 93.9 cm³/mol. The third-order valence-electron chi connectivity index (χ3n) is 4.42. The second-order valence-corrected chi connectivity index (χ2v) is 5.99. The summed E-state index contributed by atoms with van der Waals surface area (Å²) in [5, 5.41) is 14.8. The third kappa shape index (κ3) is 3.51. The van der Waals surface area contributed by atoms with Gasteiger partial charge in [0, 0.05) is 11.3 Å². The van der Waals surface area contributed by atoms with Crippen LogP contribution in [-0.4, -0.2) is 30.2 Å². The minimum absolute atomic E-state index is 0.369. The van der Waals surface area contributed by atoms with Gasteiger partial charge in [0.2, 0.25) is 0 Å². The van der Waals surface area contributed by atoms with Gasteiger partial charge in [-0.2, -0.15) is 0 Å². The van der Waals surface area contributed by atoms with Crippen LogP contribution in [0.4, 0.5) is 10.5 Å². The van der Waals surface area contributed by atoms with Crippen molar-refractivity contribution < 1.29 is 24.2 Å². The van der Waals surface area contributed by atoms with E-state index in [2.05, 4.69) is 15.4 Å². The molecule has 7 heteroatoms. The second kappa shape index (κ2) is 7.26. The molecule has 3 N–H and O–H groups in total. The predicted octanol–water partition coefficient (Wildman–Crippen LogP) is 2.59. The minimum Gasteiger partial charge on any atom is -0.481 e. The summed E-state index contributed by atoms with van der Waals surface area (Å²) in [5.74, 6) is -2.01. The molecule has 0 spiro atoms. The number of hydrogen-bond donors (Lipinski definition) is 3. The highest BCUT2D eigenvalue weighted by Gasteiger charge is 2.38. The van der Waals surface area contributed by atoms with Gasteiger partial charge < -0.3 is 15.2 Å². The van der Waals surface area contributed by atoms with E-state index in [0.29, 0.717) is 17.7 Å². The number of carboxylic acids is 1. The molecule has 2 aromatic rings. The Bertz CT molecular complexity index is 847. The molecule has 2 amide bonds. The second-order valence-electron chi connectivity index (χ2n) is 5.99. The molecule has 0 radical (unpaired) electrons. The van der Waals surface area contributed by atoms with Crippen molar-refractivity contribution in [1.29, 1.82) is 0 Å². The van der Waals surface area contributed by atoms with E-state index in [1.54, 1.807) is 24.3 Å². The van der Waals surface area contributed by atoms with Gasteiger partial charge in [-0.25, -0.2) is 4.79 Å². The van der Waals surface area contributed by atoms with Crippen LogP contribution in [0, 0.1) is 5.92 Å². The molecule has 0 fully saturated rings. The van der Waals surface area contributed by atoms with Gasteiger partial charge in [-0.05, 0) is 41.8 Å². The average molecular weight is 354 g/mol. The van der Waals surface area contributed by atoms with Crippen LogP contribution in [-0.2, 0) is 16.0 Å². The minimum atomic E-state index is -0.941. The summed E-state index contributed by atoms with van der Waals surface area (Å²) in [4.78, 5) is 35.3. The Morgan fingerprint density at radius 2 is 1.77 bits per heavy atom. The molecule has 0 heterocycles. The summed E-state index contributed by atoms with van der Waals surface area (Å²) in [6.45, 7) is 0. The van der Waals surface area contributed by atoms with Gasteiger partial charge in [0.25, 0.3) is 5.91 Å². The molecule has 3 rings (SSSR count). The van der Waals surface area contributed by atoms with Crippen LogP contribution >= 0.6 is 0 Å². The molecule has 1 aliphatic carbocycles. The Labute approximate surface area is 150 Å². The summed E-state index contributed by atoms with van der Waals surface area (Å²) in [7, 11) is 1.26. The first-order chi connectivity index (χ1) is 12.5. The zero-order chi connectivity index (χ0) is 18.7. The number of ether oxygens (including phenoxy) is 1. The van der Waals surface area contributed by atoms with Crippen molar-refractivity contribution >= 4 is 23.7 Å². The lowest BCUT2D eigenvalue weighted by Gasteiger charge is -2.19. The fraction of sp³-hybridized carbons (Fsp3) is 0.211. The Morgan fingerprint density at radius 3 is 2.42 bits per heavy atom. The van der Waals surface area contributed by atoms with Gasteiger partial charge in [-0.1, -0.05) is 24.3 Å². The molecule has 1 aliphatic rings. The first-order valence-corrected chi connectivity index (χ1v) is 8.06. The molecule has 0 aliphatic heterocycles. The molecule has 2 aromatic carbocycles.